The summed E-state index contributed by atoms with van der Waals surface area (Å²) in [5, 5.41) is 13.3. The van der Waals surface area contributed by atoms with Crippen LogP contribution < -0.4 is 9.83 Å². The third-order valence-electron chi connectivity index (χ3n) is 4.80. The van der Waals surface area contributed by atoms with E-state index in [0.29, 0.717) is 10.9 Å². The molecule has 0 unspecified atom stereocenters. The number of fused-ring (bicyclic) bond motifs is 1. The lowest BCUT2D eigenvalue weighted by Gasteiger charge is -2.14. The third kappa shape index (κ3) is 4.68. The molecule has 0 aliphatic rings. The minimum absolute atomic E-state index is 0.0511. The van der Waals surface area contributed by atoms with Crippen molar-refractivity contribution in [2.75, 3.05) is 11.8 Å². The Morgan fingerprint density at radius 1 is 0.970 bits per heavy atom. The number of hydrogen-bond donors (Lipinski definition) is 1. The third-order valence-corrected chi connectivity index (χ3v) is 6.21. The number of methoxy groups -OCH3 is 1. The van der Waals surface area contributed by atoms with Crippen LogP contribution in [0.2, 0.25) is 0 Å². The summed E-state index contributed by atoms with van der Waals surface area (Å²) in [6.45, 7) is 0. The lowest BCUT2D eigenvalue weighted by molar-refractivity contribution is -0.212. The number of rotatable bonds is 6. The predicted molar refractivity (Wildman–Crippen MR) is 123 cm³/mol. The van der Waals surface area contributed by atoms with Gasteiger partial charge < -0.3 is 9.84 Å². The van der Waals surface area contributed by atoms with Crippen LogP contribution in [-0.4, -0.2) is 32.4 Å². The zero-order valence-electron chi connectivity index (χ0n) is 17.4. The molecule has 0 aliphatic carbocycles. The fourth-order valence-corrected chi connectivity index (χ4v) is 4.45. The van der Waals surface area contributed by atoms with Gasteiger partial charge in [-0.1, -0.05) is 42.5 Å². The molecular formula is C24H18N3O5S-. The number of carbonyl (C=O) groups excluding carboxylic acids is 1. The fourth-order valence-electron chi connectivity index (χ4n) is 3.21. The molecule has 1 N–H and O–H groups in total. The monoisotopic (exact) mass is 460 g/mol. The average molecular weight is 460 g/mol. The van der Waals surface area contributed by atoms with Crippen molar-refractivity contribution >= 4 is 44.2 Å². The van der Waals surface area contributed by atoms with E-state index in [-0.39, 0.29) is 27.4 Å². The van der Waals surface area contributed by atoms with Crippen molar-refractivity contribution in [2.24, 2.45) is 4.99 Å². The van der Waals surface area contributed by atoms with E-state index in [9.17, 15) is 18.3 Å². The number of pyridine rings is 1. The molecule has 4 aromatic rings. The first-order valence-electron chi connectivity index (χ1n) is 9.79. The molecule has 3 aromatic carbocycles. The number of para-hydroxylation sites is 2. The summed E-state index contributed by atoms with van der Waals surface area (Å²) < 4.78 is 33.1. The van der Waals surface area contributed by atoms with E-state index in [0.717, 1.165) is 0 Å². The van der Waals surface area contributed by atoms with Crippen LogP contribution in [0.15, 0.2) is 94.9 Å². The molecule has 4 rings (SSSR count). The number of nitrogens with one attached hydrogen (secondary N) is 1. The summed E-state index contributed by atoms with van der Waals surface area (Å²) in [4.78, 5) is 20.1. The van der Waals surface area contributed by atoms with Crippen LogP contribution in [0.5, 0.6) is 0 Å². The molecule has 0 saturated heterocycles. The number of ether oxygens (including phenoxy) is 1. The van der Waals surface area contributed by atoms with E-state index in [1.54, 1.807) is 36.4 Å². The molecule has 166 valence electrons. The van der Waals surface area contributed by atoms with Crippen molar-refractivity contribution < 1.29 is 23.1 Å². The number of sulfonamides is 1. The molecule has 0 bridgehead atoms. The maximum Gasteiger partial charge on any atom is 0.340 e. The summed E-state index contributed by atoms with van der Waals surface area (Å²) in [6, 6.07) is 20.6. The molecule has 33 heavy (non-hydrogen) atoms. The summed E-state index contributed by atoms with van der Waals surface area (Å²) in [5.74, 6) is -1.19. The van der Waals surface area contributed by atoms with Crippen molar-refractivity contribution in [3.05, 3.63) is 96.2 Å². The molecule has 1 heterocycles. The lowest BCUT2D eigenvalue weighted by Crippen LogP contribution is -2.19. The normalized spacial score (nSPS) is 11.8. The number of nitrogens with zero attached hydrogens (tertiary/aromatic N) is 2. The lowest BCUT2D eigenvalue weighted by atomic mass is 10.1. The van der Waals surface area contributed by atoms with Crippen molar-refractivity contribution in [3.63, 3.8) is 0 Å². The summed E-state index contributed by atoms with van der Waals surface area (Å²) >= 11 is 0. The number of carbonyl (C=O) groups is 1. The van der Waals surface area contributed by atoms with E-state index >= 15 is 0 Å². The van der Waals surface area contributed by atoms with Gasteiger partial charge in [-0.2, -0.15) is 0 Å². The molecule has 0 amide bonds. The van der Waals surface area contributed by atoms with E-state index in [4.69, 9.17) is 4.74 Å². The van der Waals surface area contributed by atoms with Crippen molar-refractivity contribution in [1.29, 1.82) is 0 Å². The molecule has 0 saturated carbocycles. The van der Waals surface area contributed by atoms with Gasteiger partial charge in [0, 0.05) is 17.3 Å². The molecule has 1 aromatic heterocycles. The number of anilines is 1. The second kappa shape index (κ2) is 9.09. The number of esters is 1. The summed E-state index contributed by atoms with van der Waals surface area (Å²) in [7, 11) is -2.67. The topological polar surface area (TPSA) is 121 Å². The maximum absolute atomic E-state index is 12.9. The van der Waals surface area contributed by atoms with E-state index in [2.05, 4.69) is 14.7 Å². The first-order valence-corrected chi connectivity index (χ1v) is 11.3. The van der Waals surface area contributed by atoms with Crippen LogP contribution >= 0.6 is 0 Å². The Hall–Kier alpha value is -4.24. The van der Waals surface area contributed by atoms with Gasteiger partial charge in [0.15, 0.2) is 0 Å². The molecular weight excluding hydrogens is 442 g/mol. The molecule has 0 spiro atoms. The van der Waals surface area contributed by atoms with Crippen LogP contribution in [0.25, 0.3) is 10.9 Å². The summed E-state index contributed by atoms with van der Waals surface area (Å²) in [5.41, 5.74) is 1.21. The molecule has 0 aliphatic heterocycles. The zero-order valence-corrected chi connectivity index (χ0v) is 18.2. The SMILES string of the molecule is COC(=O)c1ccccc1N=C([O-])c1ccc(NS(=O)(=O)c2cccc3cccnc23)cc1. The Balaban J connectivity index is 1.59. The van der Waals surface area contributed by atoms with Crippen molar-refractivity contribution in [3.8, 4) is 0 Å². The van der Waals surface area contributed by atoms with Crippen LogP contribution in [-0.2, 0) is 14.8 Å². The molecule has 0 radical (unpaired) electrons. The van der Waals surface area contributed by atoms with Gasteiger partial charge in [0.2, 0.25) is 0 Å². The highest BCUT2D eigenvalue weighted by molar-refractivity contribution is 7.93. The molecule has 9 heteroatoms. The highest BCUT2D eigenvalue weighted by atomic mass is 32.2. The Morgan fingerprint density at radius 2 is 1.70 bits per heavy atom. The first kappa shape index (κ1) is 22.0. The van der Waals surface area contributed by atoms with Gasteiger partial charge in [-0.25, -0.2) is 13.2 Å². The Bertz CT molecular complexity index is 1460. The average Bonchev–Trinajstić information content (AvgIpc) is 2.83. The van der Waals surface area contributed by atoms with Crippen LogP contribution in [0.4, 0.5) is 11.4 Å². The quantitative estimate of drug-likeness (QED) is 0.268. The number of aliphatic imine (C=N–C) groups is 1. The predicted octanol–water partition coefficient (Wildman–Crippen LogP) is 3.26. The first-order chi connectivity index (χ1) is 15.9. The van der Waals surface area contributed by atoms with Gasteiger partial charge in [-0.3, -0.25) is 14.7 Å². The van der Waals surface area contributed by atoms with Gasteiger partial charge >= 0.3 is 5.97 Å². The molecule has 8 nitrogen and oxygen atoms in total. The van der Waals surface area contributed by atoms with Crippen LogP contribution in [0.3, 0.4) is 0 Å². The van der Waals surface area contributed by atoms with E-state index in [1.165, 1.54) is 55.8 Å². The Labute approximate surface area is 190 Å². The second-order valence-corrected chi connectivity index (χ2v) is 8.59. The maximum atomic E-state index is 12.9. The molecule has 0 atom stereocenters. The number of aromatic nitrogens is 1. The van der Waals surface area contributed by atoms with Gasteiger partial charge in [-0.05, 0) is 47.9 Å². The minimum Gasteiger partial charge on any atom is -0.858 e. The highest BCUT2D eigenvalue weighted by Gasteiger charge is 2.18. The fraction of sp³-hybridized carbons (Fsp3) is 0.0417. The minimum atomic E-state index is -3.91. The van der Waals surface area contributed by atoms with Gasteiger partial charge in [0.1, 0.15) is 4.90 Å². The molecule has 0 fully saturated rings. The largest absolute Gasteiger partial charge is 0.858 e. The van der Waals surface area contributed by atoms with Crippen molar-refractivity contribution in [1.82, 2.24) is 4.98 Å². The standard InChI is InChI=1S/C24H19N3O5S/c1-32-24(29)19-8-2-3-9-20(19)26-23(28)17-11-13-18(14-12-17)27-33(30,31)21-10-4-6-16-7-5-15-25-22(16)21/h2-15,27H,1H3,(H,26,28)/p-1. The number of hydrogen-bond acceptors (Lipinski definition) is 7. The Morgan fingerprint density at radius 3 is 2.45 bits per heavy atom. The van der Waals surface area contributed by atoms with Gasteiger partial charge in [-0.15, -0.1) is 0 Å². The van der Waals surface area contributed by atoms with Gasteiger partial charge in [0.25, 0.3) is 10.0 Å². The Kier molecular flexibility index (Phi) is 6.05. The second-order valence-electron chi connectivity index (χ2n) is 6.94. The van der Waals surface area contributed by atoms with E-state index < -0.39 is 21.9 Å². The smallest absolute Gasteiger partial charge is 0.340 e. The van der Waals surface area contributed by atoms with E-state index in [1.807, 2.05) is 0 Å². The van der Waals surface area contributed by atoms with Crippen molar-refractivity contribution in [2.45, 2.75) is 4.90 Å². The summed E-state index contributed by atoms with van der Waals surface area (Å²) in [6.07, 6.45) is 1.53. The van der Waals surface area contributed by atoms with Crippen LogP contribution in [0.1, 0.15) is 15.9 Å². The zero-order chi connectivity index (χ0) is 23.4. The highest BCUT2D eigenvalue weighted by Crippen LogP contribution is 2.24. The number of benzene rings is 3. The van der Waals surface area contributed by atoms with Crippen LogP contribution in [0, 0.1) is 0 Å². The van der Waals surface area contributed by atoms with Gasteiger partial charge in [0.05, 0.1) is 23.9 Å².